The van der Waals surface area contributed by atoms with Crippen molar-refractivity contribution in [2.45, 2.75) is 31.9 Å². The molecule has 1 unspecified atom stereocenters. The van der Waals surface area contributed by atoms with E-state index >= 15 is 0 Å². The van der Waals surface area contributed by atoms with Gasteiger partial charge in [0.25, 0.3) is 5.91 Å². The second-order valence-corrected chi connectivity index (χ2v) is 10.2. The van der Waals surface area contributed by atoms with Crippen LogP contribution in [0.5, 0.6) is 0 Å². The van der Waals surface area contributed by atoms with E-state index < -0.39 is 34.5 Å². The van der Waals surface area contributed by atoms with Crippen LogP contribution in [0.4, 0.5) is 13.2 Å². The van der Waals surface area contributed by atoms with Gasteiger partial charge in [0, 0.05) is 23.5 Å². The van der Waals surface area contributed by atoms with Crippen molar-refractivity contribution in [2.75, 3.05) is 6.54 Å². The highest BCUT2D eigenvalue weighted by atomic mass is 32.1. The van der Waals surface area contributed by atoms with Crippen LogP contribution in [0.25, 0.3) is 22.6 Å². The number of rotatable bonds is 7. The second kappa shape index (κ2) is 9.69. The number of hydrogen-bond acceptors (Lipinski definition) is 7. The second-order valence-electron chi connectivity index (χ2n) is 9.44. The number of carbonyl (C=O) groups excluding carboxylic acids is 1. The molecule has 12 heteroatoms. The molecule has 0 fully saturated rings. The van der Waals surface area contributed by atoms with Gasteiger partial charge in [-0.15, -0.1) is 11.3 Å². The summed E-state index contributed by atoms with van der Waals surface area (Å²) < 4.78 is 43.4. The number of nitrogens with zero attached hydrogens (tertiary/aromatic N) is 4. The number of benzene rings is 1. The Hall–Kier alpha value is -3.61. The molecule has 1 aromatic carbocycles. The minimum atomic E-state index is -1.74. The molecule has 0 saturated heterocycles. The number of aromatic nitrogens is 4. The Kier molecular flexibility index (Phi) is 6.93. The highest BCUT2D eigenvalue weighted by molar-refractivity contribution is 7.07. The van der Waals surface area contributed by atoms with Gasteiger partial charge >= 0.3 is 0 Å². The lowest BCUT2D eigenvalue weighted by Gasteiger charge is -2.27. The van der Waals surface area contributed by atoms with E-state index in [1.54, 1.807) is 37.9 Å². The molecule has 4 rings (SSSR count). The van der Waals surface area contributed by atoms with E-state index in [0.29, 0.717) is 17.0 Å². The van der Waals surface area contributed by atoms with Crippen molar-refractivity contribution in [2.24, 2.45) is 12.8 Å². The van der Waals surface area contributed by atoms with Crippen LogP contribution in [0.1, 0.15) is 42.5 Å². The first-order chi connectivity index (χ1) is 17.3. The van der Waals surface area contributed by atoms with Crippen LogP contribution in [-0.4, -0.2) is 37.3 Å². The third kappa shape index (κ3) is 5.41. The van der Waals surface area contributed by atoms with E-state index in [0.717, 1.165) is 12.1 Å². The summed E-state index contributed by atoms with van der Waals surface area (Å²) in [5.41, 5.74) is 6.79. The molecule has 0 aliphatic carbocycles. The van der Waals surface area contributed by atoms with Gasteiger partial charge in [-0.2, -0.15) is 5.10 Å². The summed E-state index contributed by atoms with van der Waals surface area (Å²) in [4.78, 5) is 21.4. The highest BCUT2D eigenvalue weighted by Crippen LogP contribution is 2.31. The molecule has 3 aromatic heterocycles. The largest absolute Gasteiger partial charge is 0.382 e. The number of nitrogens with one attached hydrogen (secondary N) is 1. The average Bonchev–Trinajstić information content (AvgIpc) is 3.50. The molecule has 1 atom stereocenters. The standard InChI is InChI=1S/C25H25F3N6O2S/c1-24(2,29)13-7-16(14-5-6-15(26)22(28)21(14)27)32-20(8-13)25(3,36)11-30-23(35)19-9-17(33-34(19)4)18-10-37-12-31-18/h5-10,12,36H,11,29H2,1-4H3,(H,30,35). The fourth-order valence-corrected chi connectivity index (χ4v) is 4.16. The van der Waals surface area contributed by atoms with Gasteiger partial charge in [-0.3, -0.25) is 9.48 Å². The third-order valence-corrected chi connectivity index (χ3v) is 6.42. The van der Waals surface area contributed by atoms with E-state index in [4.69, 9.17) is 5.73 Å². The van der Waals surface area contributed by atoms with Gasteiger partial charge in [-0.05, 0) is 56.7 Å². The van der Waals surface area contributed by atoms with Crippen molar-refractivity contribution in [1.82, 2.24) is 25.1 Å². The number of amides is 1. The molecule has 1 amide bonds. The number of aliphatic hydroxyl groups is 1. The third-order valence-electron chi connectivity index (χ3n) is 5.83. The van der Waals surface area contributed by atoms with Gasteiger partial charge in [-0.1, -0.05) is 0 Å². The smallest absolute Gasteiger partial charge is 0.269 e. The lowest BCUT2D eigenvalue weighted by Crippen LogP contribution is -2.40. The fraction of sp³-hybridized carbons (Fsp3) is 0.280. The maximum atomic E-state index is 14.6. The number of thiazole rings is 1. The van der Waals surface area contributed by atoms with Crippen LogP contribution in [0.15, 0.2) is 41.2 Å². The van der Waals surface area contributed by atoms with Gasteiger partial charge in [0.2, 0.25) is 0 Å². The number of nitrogens with two attached hydrogens (primary N) is 1. The summed E-state index contributed by atoms with van der Waals surface area (Å²) in [6.07, 6.45) is 0. The Balaban J connectivity index is 1.64. The normalized spacial score (nSPS) is 13.4. The molecule has 37 heavy (non-hydrogen) atoms. The maximum Gasteiger partial charge on any atom is 0.269 e. The molecular weight excluding hydrogens is 505 g/mol. The zero-order valence-electron chi connectivity index (χ0n) is 20.5. The minimum absolute atomic E-state index is 0.0476. The predicted molar refractivity (Wildman–Crippen MR) is 133 cm³/mol. The zero-order valence-corrected chi connectivity index (χ0v) is 21.3. The molecule has 0 aliphatic heterocycles. The lowest BCUT2D eigenvalue weighted by molar-refractivity contribution is 0.0486. The summed E-state index contributed by atoms with van der Waals surface area (Å²) >= 11 is 1.40. The topological polar surface area (TPSA) is 119 Å². The average molecular weight is 531 g/mol. The molecule has 0 bridgehead atoms. The summed E-state index contributed by atoms with van der Waals surface area (Å²) in [7, 11) is 1.61. The fourth-order valence-electron chi connectivity index (χ4n) is 3.62. The van der Waals surface area contributed by atoms with E-state index in [2.05, 4.69) is 20.4 Å². The van der Waals surface area contributed by atoms with Crippen molar-refractivity contribution in [1.29, 1.82) is 0 Å². The van der Waals surface area contributed by atoms with Crippen molar-refractivity contribution in [3.63, 3.8) is 0 Å². The van der Waals surface area contributed by atoms with Crippen LogP contribution in [0.2, 0.25) is 0 Å². The number of carbonyl (C=O) groups is 1. The van der Waals surface area contributed by atoms with Gasteiger partial charge in [-0.25, -0.2) is 23.1 Å². The molecule has 8 nitrogen and oxygen atoms in total. The number of aryl methyl sites for hydroxylation is 1. The molecule has 3 heterocycles. The molecule has 0 spiro atoms. The van der Waals surface area contributed by atoms with Crippen molar-refractivity contribution < 1.29 is 23.1 Å². The van der Waals surface area contributed by atoms with Crippen LogP contribution in [0.3, 0.4) is 0 Å². The molecule has 194 valence electrons. The van der Waals surface area contributed by atoms with Crippen molar-refractivity contribution >= 4 is 17.2 Å². The summed E-state index contributed by atoms with van der Waals surface area (Å²) in [5.74, 6) is -4.88. The predicted octanol–water partition coefficient (Wildman–Crippen LogP) is 3.85. The number of pyridine rings is 1. The minimum Gasteiger partial charge on any atom is -0.382 e. The van der Waals surface area contributed by atoms with Gasteiger partial charge in [0.05, 0.1) is 23.4 Å². The quantitative estimate of drug-likeness (QED) is 0.312. The van der Waals surface area contributed by atoms with E-state index in [9.17, 15) is 23.1 Å². The Labute approximate surface area is 215 Å². The molecule has 4 N–H and O–H groups in total. The first-order valence-electron chi connectivity index (χ1n) is 11.2. The van der Waals surface area contributed by atoms with E-state index in [-0.39, 0.29) is 29.2 Å². The molecule has 0 radical (unpaired) electrons. The molecule has 0 aliphatic rings. The summed E-state index contributed by atoms with van der Waals surface area (Å²) in [5, 5.41) is 20.0. The van der Waals surface area contributed by atoms with Crippen LogP contribution in [0, 0.1) is 17.5 Å². The first-order valence-corrected chi connectivity index (χ1v) is 12.1. The number of hydrogen-bond donors (Lipinski definition) is 3. The molecule has 4 aromatic rings. The lowest BCUT2D eigenvalue weighted by atomic mass is 9.90. The summed E-state index contributed by atoms with van der Waals surface area (Å²) in [6.45, 7) is 4.52. The first kappa shape index (κ1) is 26.5. The van der Waals surface area contributed by atoms with E-state index in [1.807, 2.05) is 0 Å². The summed E-state index contributed by atoms with van der Waals surface area (Å²) in [6, 6.07) is 6.41. The van der Waals surface area contributed by atoms with Gasteiger partial charge < -0.3 is 16.2 Å². The van der Waals surface area contributed by atoms with Gasteiger partial charge in [0.15, 0.2) is 17.5 Å². The van der Waals surface area contributed by atoms with E-state index in [1.165, 1.54) is 35.1 Å². The Morgan fingerprint density at radius 2 is 1.84 bits per heavy atom. The molecule has 0 saturated carbocycles. The maximum absolute atomic E-state index is 14.6. The Morgan fingerprint density at radius 3 is 2.49 bits per heavy atom. The van der Waals surface area contributed by atoms with Crippen LogP contribution < -0.4 is 11.1 Å². The molecular formula is C25H25F3N6O2S. The Morgan fingerprint density at radius 1 is 1.11 bits per heavy atom. The Bertz CT molecular complexity index is 1460. The van der Waals surface area contributed by atoms with Crippen molar-refractivity contribution in [3.8, 4) is 22.6 Å². The van der Waals surface area contributed by atoms with Gasteiger partial charge in [0.1, 0.15) is 22.7 Å². The zero-order chi connectivity index (χ0) is 27.1. The van der Waals surface area contributed by atoms with Crippen LogP contribution >= 0.6 is 11.3 Å². The van der Waals surface area contributed by atoms with Crippen LogP contribution in [-0.2, 0) is 18.2 Å². The number of halogens is 3. The monoisotopic (exact) mass is 530 g/mol. The van der Waals surface area contributed by atoms with Crippen molar-refractivity contribution in [3.05, 3.63) is 75.6 Å². The SMILES string of the molecule is Cn1nc(-c2cscn2)cc1C(=O)NCC(C)(O)c1cc(C(C)(C)N)cc(-c2ccc(F)c(F)c2F)n1. The highest BCUT2D eigenvalue weighted by Gasteiger charge is 2.30.